The minimum atomic E-state index is -0.351. The van der Waals surface area contributed by atoms with Crippen molar-refractivity contribution in [1.29, 1.82) is 0 Å². The molecule has 0 amide bonds. The molecule has 0 unspecified atom stereocenters. The summed E-state index contributed by atoms with van der Waals surface area (Å²) in [5.41, 5.74) is 7.35. The van der Waals surface area contributed by atoms with Crippen LogP contribution in [0.15, 0.2) is 45.4 Å². The van der Waals surface area contributed by atoms with Crippen LogP contribution in [-0.4, -0.2) is 16.2 Å². The summed E-state index contributed by atoms with van der Waals surface area (Å²) in [5.74, 6) is 0.315. The van der Waals surface area contributed by atoms with Gasteiger partial charge in [-0.25, -0.2) is 4.39 Å². The molecule has 5 nitrogen and oxygen atoms in total. The zero-order chi connectivity index (χ0) is 17.7. The zero-order valence-corrected chi connectivity index (χ0v) is 15.1. The zero-order valence-electron chi connectivity index (χ0n) is 13.6. The molecule has 1 aromatic heterocycles. The summed E-state index contributed by atoms with van der Waals surface area (Å²) in [6, 6.07) is 7.73. The van der Waals surface area contributed by atoms with Gasteiger partial charge in [-0.1, -0.05) is 24.3 Å². The van der Waals surface area contributed by atoms with Gasteiger partial charge in [-0.15, -0.1) is 0 Å². The number of halogens is 2. The second-order valence-electron chi connectivity index (χ2n) is 5.30. The number of benzene rings is 1. The van der Waals surface area contributed by atoms with Crippen molar-refractivity contribution >= 4 is 15.9 Å². The lowest BCUT2D eigenvalue weighted by molar-refractivity contribution is 0.338. The maximum absolute atomic E-state index is 12.7. The number of nitrogens with zero attached hydrogens (tertiary/aromatic N) is 2. The molecule has 0 aliphatic rings. The molecule has 0 saturated heterocycles. The van der Waals surface area contributed by atoms with Crippen LogP contribution in [0, 0.1) is 6.92 Å². The van der Waals surface area contributed by atoms with Gasteiger partial charge in [0.25, 0.3) is 5.56 Å². The van der Waals surface area contributed by atoms with E-state index in [1.54, 1.807) is 11.5 Å². The third kappa shape index (κ3) is 4.52. The maximum atomic E-state index is 12.7. The quantitative estimate of drug-likeness (QED) is 0.815. The predicted octanol–water partition coefficient (Wildman–Crippen LogP) is 3.07. The van der Waals surface area contributed by atoms with Crippen LogP contribution in [0.3, 0.4) is 0 Å². The molecule has 2 N–H and O–H groups in total. The predicted molar refractivity (Wildman–Crippen MR) is 94.7 cm³/mol. The van der Waals surface area contributed by atoms with E-state index in [1.165, 1.54) is 13.0 Å². The molecule has 0 fully saturated rings. The van der Waals surface area contributed by atoms with E-state index in [1.807, 2.05) is 24.3 Å². The lowest BCUT2D eigenvalue weighted by atomic mass is 10.1. The number of hydrogen-bond donors (Lipinski definition) is 1. The van der Waals surface area contributed by atoms with E-state index >= 15 is 0 Å². The molecule has 2 aromatic rings. The van der Waals surface area contributed by atoms with E-state index in [0.717, 1.165) is 11.1 Å². The molecule has 1 heterocycles. The van der Waals surface area contributed by atoms with Crippen LogP contribution in [-0.2, 0) is 13.1 Å². The summed E-state index contributed by atoms with van der Waals surface area (Å²) < 4.78 is 19.8. The Kier molecular flexibility index (Phi) is 6.28. The Morgan fingerprint density at radius 1 is 1.46 bits per heavy atom. The Morgan fingerprint density at radius 3 is 2.83 bits per heavy atom. The molecule has 0 spiro atoms. The van der Waals surface area contributed by atoms with Crippen LogP contribution in [0.4, 0.5) is 4.39 Å². The van der Waals surface area contributed by atoms with Crippen LogP contribution in [0.25, 0.3) is 0 Å². The van der Waals surface area contributed by atoms with E-state index in [4.69, 9.17) is 10.5 Å². The molecule has 24 heavy (non-hydrogen) atoms. The molecule has 0 aliphatic heterocycles. The van der Waals surface area contributed by atoms with Gasteiger partial charge in [0.15, 0.2) is 0 Å². The standard InChI is InChI=1S/C17H19BrFN3O2/c1-11(19)6-7-24-16-15(18)17(23)22(12(2)21-16)10-14-5-3-4-13(8-14)9-20/h3-6,8H,7,9-10,20H2,1-2H3. The van der Waals surface area contributed by atoms with E-state index in [0.29, 0.717) is 18.9 Å². The highest BCUT2D eigenvalue weighted by Gasteiger charge is 2.14. The van der Waals surface area contributed by atoms with Crippen LogP contribution in [0.1, 0.15) is 23.9 Å². The van der Waals surface area contributed by atoms with Gasteiger partial charge >= 0.3 is 0 Å². The summed E-state index contributed by atoms with van der Waals surface area (Å²) in [6.07, 6.45) is 1.27. The van der Waals surface area contributed by atoms with Crippen molar-refractivity contribution in [3.8, 4) is 5.88 Å². The first-order valence-corrected chi connectivity index (χ1v) is 8.21. The number of aryl methyl sites for hydroxylation is 1. The maximum Gasteiger partial charge on any atom is 0.272 e. The topological polar surface area (TPSA) is 70.1 Å². The fourth-order valence-electron chi connectivity index (χ4n) is 2.17. The molecule has 0 aliphatic carbocycles. The Bertz CT molecular complexity index is 814. The SMILES string of the molecule is CC(F)=CCOc1nc(C)n(Cc2cccc(CN)c2)c(=O)c1Br. The third-order valence-corrected chi connectivity index (χ3v) is 4.11. The van der Waals surface area contributed by atoms with Crippen LogP contribution < -0.4 is 16.0 Å². The van der Waals surface area contributed by atoms with Gasteiger partial charge < -0.3 is 10.5 Å². The van der Waals surface area contributed by atoms with Crippen molar-refractivity contribution in [2.75, 3.05) is 6.61 Å². The Morgan fingerprint density at radius 2 is 2.17 bits per heavy atom. The van der Waals surface area contributed by atoms with Gasteiger partial charge in [0.1, 0.15) is 16.9 Å². The normalized spacial score (nSPS) is 11.6. The first-order valence-electron chi connectivity index (χ1n) is 7.42. The van der Waals surface area contributed by atoms with Crippen LogP contribution in [0.5, 0.6) is 5.88 Å². The second-order valence-corrected chi connectivity index (χ2v) is 6.09. The highest BCUT2D eigenvalue weighted by molar-refractivity contribution is 9.10. The van der Waals surface area contributed by atoms with Crippen molar-refractivity contribution in [1.82, 2.24) is 9.55 Å². The molecule has 0 saturated carbocycles. The summed E-state index contributed by atoms with van der Waals surface area (Å²) in [5, 5.41) is 0. The Balaban J connectivity index is 2.30. The van der Waals surface area contributed by atoms with Gasteiger partial charge in [0.05, 0.1) is 12.4 Å². The number of ether oxygens (including phenoxy) is 1. The summed E-state index contributed by atoms with van der Waals surface area (Å²) in [7, 11) is 0. The van der Waals surface area contributed by atoms with Crippen molar-refractivity contribution in [3.05, 3.63) is 67.9 Å². The van der Waals surface area contributed by atoms with Gasteiger partial charge in [0, 0.05) is 6.54 Å². The average Bonchev–Trinajstić information content (AvgIpc) is 2.56. The second kappa shape index (κ2) is 8.21. The van der Waals surface area contributed by atoms with Crippen molar-refractivity contribution in [2.24, 2.45) is 5.73 Å². The fraction of sp³-hybridized carbons (Fsp3) is 0.294. The Hall–Kier alpha value is -1.99. The summed E-state index contributed by atoms with van der Waals surface area (Å²) in [4.78, 5) is 16.8. The lowest BCUT2D eigenvalue weighted by Crippen LogP contribution is -2.26. The number of nitrogens with two attached hydrogens (primary N) is 1. The van der Waals surface area contributed by atoms with Crippen LogP contribution >= 0.6 is 15.9 Å². The van der Waals surface area contributed by atoms with Crippen molar-refractivity contribution in [2.45, 2.75) is 26.9 Å². The fourth-order valence-corrected chi connectivity index (χ4v) is 2.59. The van der Waals surface area contributed by atoms with Gasteiger partial charge in [0.2, 0.25) is 5.88 Å². The van der Waals surface area contributed by atoms with E-state index < -0.39 is 0 Å². The number of hydrogen-bond acceptors (Lipinski definition) is 4. The largest absolute Gasteiger partial charge is 0.472 e. The highest BCUT2D eigenvalue weighted by atomic mass is 79.9. The number of rotatable bonds is 6. The molecular formula is C17H19BrFN3O2. The smallest absolute Gasteiger partial charge is 0.272 e. The van der Waals surface area contributed by atoms with Gasteiger partial charge in [-0.05, 0) is 47.0 Å². The molecule has 0 radical (unpaired) electrons. The number of aromatic nitrogens is 2. The van der Waals surface area contributed by atoms with Crippen LogP contribution in [0.2, 0.25) is 0 Å². The minimum Gasteiger partial charge on any atom is -0.472 e. The van der Waals surface area contributed by atoms with Gasteiger partial charge in [-0.3, -0.25) is 9.36 Å². The minimum absolute atomic E-state index is 0.00930. The average molecular weight is 396 g/mol. The first-order chi connectivity index (χ1) is 11.4. The molecule has 128 valence electrons. The molecule has 1 aromatic carbocycles. The summed E-state index contributed by atoms with van der Waals surface area (Å²) in [6.45, 7) is 3.88. The molecular weight excluding hydrogens is 377 g/mol. The first kappa shape index (κ1) is 18.4. The molecule has 0 bridgehead atoms. The lowest BCUT2D eigenvalue weighted by Gasteiger charge is -2.13. The van der Waals surface area contributed by atoms with E-state index in [9.17, 15) is 9.18 Å². The molecule has 7 heteroatoms. The Labute approximate surface area is 148 Å². The third-order valence-electron chi connectivity index (χ3n) is 3.43. The highest BCUT2D eigenvalue weighted by Crippen LogP contribution is 2.19. The van der Waals surface area contributed by atoms with E-state index in [2.05, 4.69) is 20.9 Å². The van der Waals surface area contributed by atoms with E-state index in [-0.39, 0.29) is 28.3 Å². The van der Waals surface area contributed by atoms with Crippen molar-refractivity contribution in [3.63, 3.8) is 0 Å². The van der Waals surface area contributed by atoms with Crippen molar-refractivity contribution < 1.29 is 9.13 Å². The molecule has 2 rings (SSSR count). The molecule has 0 atom stereocenters. The monoisotopic (exact) mass is 395 g/mol. The summed E-state index contributed by atoms with van der Waals surface area (Å²) >= 11 is 3.22. The number of allylic oxidation sites excluding steroid dienone is 1. The van der Waals surface area contributed by atoms with Gasteiger partial charge in [-0.2, -0.15) is 4.98 Å².